The predicted octanol–water partition coefficient (Wildman–Crippen LogP) is 2.59. The standard InChI is InChI=1S/C18H27N5O/c1-13-7-4-5-10-23(13)17-11-15(12-19)20-18(21-17)24-14(2)16-8-6-9-22(16)3/h11,13-14,16H,4-10H2,1-3H3/t13-,14-,16-/m0/s1. The topological polar surface area (TPSA) is 65.3 Å². The Morgan fingerprint density at radius 2 is 2.08 bits per heavy atom. The van der Waals surface area contributed by atoms with Crippen molar-refractivity contribution in [3.63, 3.8) is 0 Å². The van der Waals surface area contributed by atoms with Gasteiger partial charge in [0.2, 0.25) is 0 Å². The van der Waals surface area contributed by atoms with E-state index >= 15 is 0 Å². The SMILES string of the molecule is C[C@H](Oc1nc(C#N)cc(N2CCCC[C@@H]2C)n1)[C@@H]1CCCN1C. The minimum Gasteiger partial charge on any atom is -0.459 e. The van der Waals surface area contributed by atoms with Crippen LogP contribution in [0.15, 0.2) is 6.07 Å². The zero-order chi connectivity index (χ0) is 17.1. The molecule has 1 aromatic heterocycles. The number of likely N-dealkylation sites (N-methyl/N-ethyl adjacent to an activating group) is 1. The fourth-order valence-electron chi connectivity index (χ4n) is 3.88. The van der Waals surface area contributed by atoms with E-state index in [0.717, 1.165) is 38.2 Å². The third kappa shape index (κ3) is 3.62. The summed E-state index contributed by atoms with van der Waals surface area (Å²) in [5.74, 6) is 0.815. The van der Waals surface area contributed by atoms with Crippen LogP contribution in [0.25, 0.3) is 0 Å². The number of aromatic nitrogens is 2. The lowest BCUT2D eigenvalue weighted by Crippen LogP contribution is -2.39. The van der Waals surface area contributed by atoms with Crippen LogP contribution >= 0.6 is 0 Å². The first-order chi connectivity index (χ1) is 11.6. The Morgan fingerprint density at radius 1 is 1.25 bits per heavy atom. The van der Waals surface area contributed by atoms with Gasteiger partial charge in [-0.1, -0.05) is 0 Å². The molecule has 3 rings (SSSR count). The normalized spacial score (nSPS) is 26.2. The van der Waals surface area contributed by atoms with Crippen LogP contribution < -0.4 is 9.64 Å². The van der Waals surface area contributed by atoms with Gasteiger partial charge in [0.05, 0.1) is 0 Å². The Kier molecular flexibility index (Phi) is 5.20. The molecule has 0 amide bonds. The van der Waals surface area contributed by atoms with Gasteiger partial charge in [0.15, 0.2) is 0 Å². The van der Waals surface area contributed by atoms with Gasteiger partial charge in [-0.05, 0) is 59.5 Å². The van der Waals surface area contributed by atoms with Crippen molar-refractivity contribution in [1.29, 1.82) is 5.26 Å². The van der Waals surface area contributed by atoms with Crippen molar-refractivity contribution in [3.8, 4) is 12.1 Å². The first kappa shape index (κ1) is 17.0. The van der Waals surface area contributed by atoms with Gasteiger partial charge in [-0.15, -0.1) is 0 Å². The maximum absolute atomic E-state index is 9.32. The van der Waals surface area contributed by atoms with Gasteiger partial charge in [0, 0.05) is 24.7 Å². The quantitative estimate of drug-likeness (QED) is 0.846. The Morgan fingerprint density at radius 3 is 2.75 bits per heavy atom. The largest absolute Gasteiger partial charge is 0.459 e. The van der Waals surface area contributed by atoms with Crippen LogP contribution in [-0.2, 0) is 0 Å². The highest BCUT2D eigenvalue weighted by Crippen LogP contribution is 2.26. The molecule has 1 aromatic rings. The average Bonchev–Trinajstić information content (AvgIpc) is 3.01. The molecule has 0 N–H and O–H groups in total. The molecule has 3 heterocycles. The molecule has 0 unspecified atom stereocenters. The van der Waals surface area contributed by atoms with Gasteiger partial charge in [-0.2, -0.15) is 15.2 Å². The fraction of sp³-hybridized carbons (Fsp3) is 0.722. The highest BCUT2D eigenvalue weighted by atomic mass is 16.5. The summed E-state index contributed by atoms with van der Waals surface area (Å²) in [5, 5.41) is 9.32. The molecule has 6 nitrogen and oxygen atoms in total. The molecule has 2 fully saturated rings. The van der Waals surface area contributed by atoms with Crippen LogP contribution in [0.2, 0.25) is 0 Å². The van der Waals surface area contributed by atoms with Gasteiger partial charge in [-0.25, -0.2) is 0 Å². The van der Waals surface area contributed by atoms with E-state index in [2.05, 4.69) is 46.7 Å². The van der Waals surface area contributed by atoms with Crippen LogP contribution in [0.5, 0.6) is 6.01 Å². The lowest BCUT2D eigenvalue weighted by Gasteiger charge is -2.34. The minimum absolute atomic E-state index is 0.0121. The van der Waals surface area contributed by atoms with Gasteiger partial charge in [0.25, 0.3) is 0 Å². The summed E-state index contributed by atoms with van der Waals surface area (Å²) in [6, 6.07) is 5.07. The maximum Gasteiger partial charge on any atom is 0.319 e. The van der Waals surface area contributed by atoms with Crippen molar-refractivity contribution in [2.45, 2.75) is 64.1 Å². The van der Waals surface area contributed by atoms with Gasteiger partial charge < -0.3 is 9.64 Å². The van der Waals surface area contributed by atoms with Crippen molar-refractivity contribution in [1.82, 2.24) is 14.9 Å². The number of nitrogens with zero attached hydrogens (tertiary/aromatic N) is 5. The second-order valence-electron chi connectivity index (χ2n) is 7.06. The van der Waals surface area contributed by atoms with E-state index in [9.17, 15) is 5.26 Å². The Bertz CT molecular complexity index is 614. The number of piperidine rings is 1. The molecule has 0 aromatic carbocycles. The molecule has 0 spiro atoms. The lowest BCUT2D eigenvalue weighted by molar-refractivity contribution is 0.112. The molecule has 0 saturated carbocycles. The van der Waals surface area contributed by atoms with Gasteiger partial charge >= 0.3 is 6.01 Å². The Labute approximate surface area is 144 Å². The molecule has 0 bridgehead atoms. The van der Waals surface area contributed by atoms with Crippen molar-refractivity contribution < 1.29 is 4.74 Å². The number of hydrogen-bond donors (Lipinski definition) is 0. The van der Waals surface area contributed by atoms with Crippen LogP contribution in [0.1, 0.15) is 51.6 Å². The Hall–Kier alpha value is -1.87. The van der Waals surface area contributed by atoms with E-state index < -0.39 is 0 Å². The smallest absolute Gasteiger partial charge is 0.319 e. The fourth-order valence-corrected chi connectivity index (χ4v) is 3.88. The van der Waals surface area contributed by atoms with Crippen LogP contribution in [0, 0.1) is 11.3 Å². The molecule has 6 heteroatoms. The zero-order valence-electron chi connectivity index (χ0n) is 14.9. The molecule has 24 heavy (non-hydrogen) atoms. The van der Waals surface area contributed by atoms with E-state index in [1.165, 1.54) is 12.8 Å². The number of hydrogen-bond acceptors (Lipinski definition) is 6. The van der Waals surface area contributed by atoms with E-state index in [0.29, 0.717) is 23.8 Å². The minimum atomic E-state index is 0.0121. The van der Waals surface area contributed by atoms with Crippen molar-refractivity contribution >= 4 is 5.82 Å². The van der Waals surface area contributed by atoms with Crippen LogP contribution in [0.4, 0.5) is 5.82 Å². The third-order valence-electron chi connectivity index (χ3n) is 5.31. The highest BCUT2D eigenvalue weighted by molar-refractivity contribution is 5.45. The summed E-state index contributed by atoms with van der Waals surface area (Å²) in [4.78, 5) is 13.5. The number of likely N-dealkylation sites (tertiary alicyclic amines) is 1. The second-order valence-corrected chi connectivity index (χ2v) is 7.06. The summed E-state index contributed by atoms with van der Waals surface area (Å²) >= 11 is 0. The average molecular weight is 329 g/mol. The summed E-state index contributed by atoms with van der Waals surface area (Å²) < 4.78 is 6.04. The molecule has 0 aliphatic carbocycles. The first-order valence-corrected chi connectivity index (χ1v) is 9.01. The maximum atomic E-state index is 9.32. The summed E-state index contributed by atoms with van der Waals surface area (Å²) in [6.45, 7) is 6.36. The van der Waals surface area contributed by atoms with Gasteiger partial charge in [0.1, 0.15) is 23.7 Å². The lowest BCUT2D eigenvalue weighted by atomic mass is 10.0. The van der Waals surface area contributed by atoms with Crippen molar-refractivity contribution in [2.75, 3.05) is 25.0 Å². The molecule has 2 aliphatic rings. The first-order valence-electron chi connectivity index (χ1n) is 9.01. The van der Waals surface area contributed by atoms with Crippen molar-refractivity contribution in [3.05, 3.63) is 11.8 Å². The molecule has 0 radical (unpaired) electrons. The number of nitriles is 1. The highest BCUT2D eigenvalue weighted by Gasteiger charge is 2.29. The summed E-state index contributed by atoms with van der Waals surface area (Å²) in [5.41, 5.74) is 0.375. The van der Waals surface area contributed by atoms with E-state index in [4.69, 9.17) is 4.74 Å². The van der Waals surface area contributed by atoms with E-state index in [1.54, 1.807) is 6.07 Å². The van der Waals surface area contributed by atoms with Crippen LogP contribution in [0.3, 0.4) is 0 Å². The Balaban J connectivity index is 1.80. The van der Waals surface area contributed by atoms with Gasteiger partial charge in [-0.3, -0.25) is 4.90 Å². The molecule has 3 atom stereocenters. The second kappa shape index (κ2) is 7.35. The number of rotatable bonds is 4. The molecule has 2 saturated heterocycles. The zero-order valence-corrected chi connectivity index (χ0v) is 14.9. The molecular formula is C18H27N5O. The summed E-state index contributed by atoms with van der Waals surface area (Å²) in [6.07, 6.45) is 5.91. The molecule has 2 aliphatic heterocycles. The van der Waals surface area contributed by atoms with E-state index in [1.807, 2.05) is 0 Å². The molecular weight excluding hydrogens is 302 g/mol. The predicted molar refractivity (Wildman–Crippen MR) is 93.1 cm³/mol. The van der Waals surface area contributed by atoms with E-state index in [-0.39, 0.29) is 6.10 Å². The summed E-state index contributed by atoms with van der Waals surface area (Å²) in [7, 11) is 2.13. The molecule has 130 valence electrons. The van der Waals surface area contributed by atoms with Crippen LogP contribution in [-0.4, -0.2) is 53.2 Å². The number of ether oxygens (including phenoxy) is 1. The van der Waals surface area contributed by atoms with Crippen molar-refractivity contribution in [2.24, 2.45) is 0 Å². The monoisotopic (exact) mass is 329 g/mol. The third-order valence-corrected chi connectivity index (χ3v) is 5.31. The number of anilines is 1.